The molecule has 2 saturated heterocycles. The summed E-state index contributed by atoms with van der Waals surface area (Å²) in [7, 11) is -5.80. The molecule has 0 radical (unpaired) electrons. The Labute approximate surface area is 686 Å². The van der Waals surface area contributed by atoms with Crippen LogP contribution in [0.15, 0.2) is 12.2 Å². The monoisotopic (exact) mass is 1650 g/mol. The van der Waals surface area contributed by atoms with Crippen LogP contribution in [-0.2, 0) is 70.7 Å². The summed E-state index contributed by atoms with van der Waals surface area (Å²) in [6.45, 7) is 5.58. The zero-order valence-corrected chi connectivity index (χ0v) is 72.0. The molecule has 0 aromatic heterocycles. The normalized spacial score (nSPS) is 25.4. The molecule has 3 fully saturated rings. The first-order valence-electron chi connectivity index (χ1n) is 45.9. The highest BCUT2D eigenvalue weighted by Crippen LogP contribution is 2.49. The summed E-state index contributed by atoms with van der Waals surface area (Å²) in [6.07, 6.45) is 25.1. The van der Waals surface area contributed by atoms with Crippen molar-refractivity contribution in [1.29, 1.82) is 0 Å². The first-order valence-corrected chi connectivity index (χ1v) is 47.4. The maximum atomic E-state index is 14.9. The summed E-state index contributed by atoms with van der Waals surface area (Å²) in [5.74, 6) is -2.97. The summed E-state index contributed by atoms with van der Waals surface area (Å²) >= 11 is 0. The number of allylic oxidation sites excluding steroid dienone is 2. The molecule has 0 aromatic rings. The summed E-state index contributed by atoms with van der Waals surface area (Å²) in [4.78, 5) is 66.3. The van der Waals surface area contributed by atoms with Gasteiger partial charge in [0.15, 0.2) is 24.8 Å². The van der Waals surface area contributed by atoms with Gasteiger partial charge in [0.2, 0.25) is 0 Å². The van der Waals surface area contributed by atoms with Gasteiger partial charge in [0, 0.05) is 25.7 Å². The van der Waals surface area contributed by atoms with Gasteiger partial charge in [-0.05, 0) is 51.4 Å². The van der Waals surface area contributed by atoms with Crippen LogP contribution in [0.5, 0.6) is 0 Å². The van der Waals surface area contributed by atoms with Gasteiger partial charge in [-0.25, -0.2) is 4.57 Å². The molecule has 10 N–H and O–H groups in total. The third kappa shape index (κ3) is 48.0. The van der Waals surface area contributed by atoms with E-state index in [0.29, 0.717) is 38.5 Å². The Morgan fingerprint density at radius 1 is 0.342 bits per heavy atom. The number of esters is 4. The zero-order chi connectivity index (χ0) is 83.2. The Morgan fingerprint density at radius 2 is 0.658 bits per heavy atom. The molecule has 25 nitrogen and oxygen atoms in total. The summed E-state index contributed by atoms with van der Waals surface area (Å²) in [5.41, 5.74) is 0. The molecule has 0 amide bonds. The fraction of sp³-hybridized carbons (Fsp3) is 0.932. The van der Waals surface area contributed by atoms with Gasteiger partial charge in [-0.1, -0.05) is 329 Å². The van der Waals surface area contributed by atoms with E-state index < -0.39 is 162 Å². The number of phosphoric acid groups is 1. The molecular weight excluding hydrogens is 1490 g/mol. The van der Waals surface area contributed by atoms with Gasteiger partial charge in [0.05, 0.1) is 13.2 Å². The van der Waals surface area contributed by atoms with Crippen molar-refractivity contribution in [3.63, 3.8) is 0 Å². The average Bonchev–Trinajstić information content (AvgIpc) is 0.755. The van der Waals surface area contributed by atoms with Crippen molar-refractivity contribution < 1.29 is 122 Å². The summed E-state index contributed by atoms with van der Waals surface area (Å²) < 4.78 is 73.3. The third-order valence-electron chi connectivity index (χ3n) is 22.5. The van der Waals surface area contributed by atoms with Crippen molar-refractivity contribution in [2.45, 2.75) is 498 Å². The first kappa shape index (κ1) is 105. The van der Waals surface area contributed by atoms with Crippen LogP contribution < -0.4 is 0 Å². The van der Waals surface area contributed by atoms with E-state index in [1.165, 1.54) is 180 Å². The number of rotatable bonds is 74. The lowest BCUT2D eigenvalue weighted by Gasteiger charge is -2.50. The van der Waals surface area contributed by atoms with Gasteiger partial charge in [-0.3, -0.25) is 28.2 Å². The maximum absolute atomic E-state index is 14.9. The summed E-state index contributed by atoms with van der Waals surface area (Å²) in [5, 5.41) is 102. The molecule has 1 aliphatic carbocycles. The van der Waals surface area contributed by atoms with E-state index in [1.807, 2.05) is 0 Å². The Morgan fingerprint density at radius 3 is 1.05 bits per heavy atom. The van der Waals surface area contributed by atoms with Gasteiger partial charge in [0.1, 0.15) is 92.6 Å². The standard InChI is InChI=1S/C88H163O25P/c1-5-9-13-17-21-25-29-33-34-35-39-41-44-48-52-56-60-71(90)104-65-68(107-73(92)62-58-54-50-46-42-37-31-27-23-19-15-11-7-3)66-106-114(102,103)113-86-84(111-87-81(100)77(96)75(94)69(64-89)108-87)80(99)79(98)83(110-74(93)63-59-55-51-47-43-38-32-28-24-20-16-12-8-4)85(86)112-88-82(101)78(97)76(95)70(109-88)67-105-72(91)61-57-53-49-45-40-36-30-26-22-18-14-10-6-2/h36,40,68-70,75-89,94-101H,5-35,37-39,41-67H2,1-4H3,(H,102,103)/b40-36-. The van der Waals surface area contributed by atoms with E-state index in [9.17, 15) is 74.6 Å². The van der Waals surface area contributed by atoms with E-state index in [-0.39, 0.29) is 25.7 Å². The number of carbonyl (C=O) groups is 4. The van der Waals surface area contributed by atoms with Crippen LogP contribution in [0.4, 0.5) is 0 Å². The number of aliphatic hydroxyl groups is 9. The van der Waals surface area contributed by atoms with Crippen molar-refractivity contribution >= 4 is 31.7 Å². The molecule has 670 valence electrons. The minimum Gasteiger partial charge on any atom is -0.463 e. The number of hydrogen-bond donors (Lipinski definition) is 10. The number of hydrogen-bond acceptors (Lipinski definition) is 24. The molecule has 3 rings (SSSR count). The highest BCUT2D eigenvalue weighted by Gasteiger charge is 2.60. The minimum absolute atomic E-state index is 0.00434. The van der Waals surface area contributed by atoms with Crippen molar-refractivity contribution in [2.75, 3.05) is 26.4 Å². The van der Waals surface area contributed by atoms with Crippen LogP contribution in [0.3, 0.4) is 0 Å². The Balaban J connectivity index is 1.92. The predicted octanol–water partition coefficient (Wildman–Crippen LogP) is 16.4. The second-order valence-corrected chi connectivity index (χ2v) is 34.2. The SMILES string of the molecule is CCCCCCCC/C=C\CCCCCC(=O)OCC1OC(OC2C(OC(=O)CCCCCCCCCCCCCCC)C(O)C(O)C(OC3OC(CO)C(O)C(O)C3O)C2OP(=O)(O)OCC(COC(=O)CCCCCCCCCCCCCCCCCC)OC(=O)CCCCCCCCCCCCCCC)C(O)C(O)C1O. The van der Waals surface area contributed by atoms with Gasteiger partial charge >= 0.3 is 31.7 Å². The molecule has 18 unspecified atom stereocenters. The first-order chi connectivity index (χ1) is 55.2. The quantitative estimate of drug-likeness (QED) is 0.00889. The van der Waals surface area contributed by atoms with Crippen LogP contribution in [0, 0.1) is 0 Å². The van der Waals surface area contributed by atoms with Crippen LogP contribution >= 0.6 is 7.82 Å². The predicted molar refractivity (Wildman–Crippen MR) is 440 cm³/mol. The summed E-state index contributed by atoms with van der Waals surface area (Å²) in [6, 6.07) is 0. The molecule has 1 saturated carbocycles. The van der Waals surface area contributed by atoms with E-state index in [4.69, 9.17) is 46.9 Å². The van der Waals surface area contributed by atoms with E-state index >= 15 is 0 Å². The number of unbranched alkanes of at least 4 members (excludes halogenated alkanes) is 48. The molecule has 0 spiro atoms. The maximum Gasteiger partial charge on any atom is 0.472 e. The molecule has 18 atom stereocenters. The van der Waals surface area contributed by atoms with Gasteiger partial charge in [-0.15, -0.1) is 0 Å². The molecule has 26 heteroatoms. The molecule has 2 heterocycles. The second kappa shape index (κ2) is 67.8. The van der Waals surface area contributed by atoms with E-state index in [2.05, 4.69) is 39.8 Å². The number of aliphatic hydroxyl groups excluding tert-OH is 9. The van der Waals surface area contributed by atoms with Crippen LogP contribution in [0.1, 0.15) is 394 Å². The molecule has 0 aromatic carbocycles. The lowest BCUT2D eigenvalue weighted by atomic mass is 9.84. The van der Waals surface area contributed by atoms with Crippen molar-refractivity contribution in [2.24, 2.45) is 0 Å². The second-order valence-electron chi connectivity index (χ2n) is 32.8. The Hall–Kier alpha value is -2.79. The van der Waals surface area contributed by atoms with Crippen LogP contribution in [0.25, 0.3) is 0 Å². The Bertz CT molecular complexity index is 2430. The van der Waals surface area contributed by atoms with E-state index in [1.54, 1.807) is 0 Å². The topological polar surface area (TPSA) is 380 Å². The lowest BCUT2D eigenvalue weighted by molar-refractivity contribution is -0.360. The highest BCUT2D eigenvalue weighted by atomic mass is 31.2. The Kier molecular flexibility index (Phi) is 62.7. The zero-order valence-electron chi connectivity index (χ0n) is 71.1. The highest BCUT2D eigenvalue weighted by molar-refractivity contribution is 7.47. The van der Waals surface area contributed by atoms with Gasteiger partial charge < -0.3 is 88.7 Å². The van der Waals surface area contributed by atoms with Crippen LogP contribution in [-0.4, -0.2) is 205 Å². The number of ether oxygens (including phenoxy) is 8. The van der Waals surface area contributed by atoms with Crippen LogP contribution in [0.2, 0.25) is 0 Å². The smallest absolute Gasteiger partial charge is 0.463 e. The fourth-order valence-electron chi connectivity index (χ4n) is 15.2. The fourth-order valence-corrected chi connectivity index (χ4v) is 16.2. The molecular formula is C88H163O25P. The lowest BCUT2D eigenvalue weighted by Crippen LogP contribution is -2.70. The number of phosphoric ester groups is 1. The van der Waals surface area contributed by atoms with Crippen molar-refractivity contribution in [3.05, 3.63) is 12.2 Å². The van der Waals surface area contributed by atoms with Crippen molar-refractivity contribution in [3.8, 4) is 0 Å². The molecule has 2 aliphatic heterocycles. The van der Waals surface area contributed by atoms with Crippen molar-refractivity contribution in [1.82, 2.24) is 0 Å². The average molecular weight is 1650 g/mol. The molecule has 114 heavy (non-hydrogen) atoms. The van der Waals surface area contributed by atoms with E-state index in [0.717, 1.165) is 122 Å². The minimum atomic E-state index is -5.80. The number of carbonyl (C=O) groups excluding carboxylic acids is 4. The third-order valence-corrected chi connectivity index (χ3v) is 23.5. The molecule has 3 aliphatic rings. The molecule has 0 bridgehead atoms. The van der Waals surface area contributed by atoms with Gasteiger partial charge in [0.25, 0.3) is 0 Å². The largest absolute Gasteiger partial charge is 0.472 e. The van der Waals surface area contributed by atoms with Gasteiger partial charge in [-0.2, -0.15) is 0 Å².